The SMILES string of the molecule is CCCCCCCCCCCCCCCCCCC(CO)CCCCCCCCCCCCCC. The minimum Gasteiger partial charge on any atom is -0.396 e. The minimum atomic E-state index is 0.413. The van der Waals surface area contributed by atoms with Crippen molar-refractivity contribution in [3.8, 4) is 0 Å². The monoisotopic (exact) mass is 495 g/mol. The molecule has 212 valence electrons. The molecule has 0 aliphatic carbocycles. The summed E-state index contributed by atoms with van der Waals surface area (Å²) in [4.78, 5) is 0. The zero-order valence-electron chi connectivity index (χ0n) is 24.9. The van der Waals surface area contributed by atoms with E-state index >= 15 is 0 Å². The van der Waals surface area contributed by atoms with Crippen molar-refractivity contribution in [3.05, 3.63) is 0 Å². The first-order valence-corrected chi connectivity index (χ1v) is 17.0. The molecule has 1 unspecified atom stereocenters. The molecule has 0 fully saturated rings. The van der Waals surface area contributed by atoms with E-state index in [-0.39, 0.29) is 0 Å². The maximum atomic E-state index is 9.73. The van der Waals surface area contributed by atoms with Gasteiger partial charge >= 0.3 is 0 Å². The van der Waals surface area contributed by atoms with Crippen LogP contribution in [0, 0.1) is 5.92 Å². The molecule has 0 aliphatic rings. The van der Waals surface area contributed by atoms with Gasteiger partial charge in [0.2, 0.25) is 0 Å². The largest absolute Gasteiger partial charge is 0.396 e. The number of hydrogen-bond donors (Lipinski definition) is 1. The predicted octanol–water partition coefficient (Wildman–Crippen LogP) is 12.3. The number of aliphatic hydroxyl groups excluding tert-OH is 1. The van der Waals surface area contributed by atoms with Gasteiger partial charge in [-0.2, -0.15) is 0 Å². The molecule has 1 nitrogen and oxygen atoms in total. The van der Waals surface area contributed by atoms with Gasteiger partial charge in [0.05, 0.1) is 0 Å². The Kier molecular flexibility index (Phi) is 32.0. The lowest BCUT2D eigenvalue weighted by atomic mass is 9.94. The molecule has 1 N–H and O–H groups in total. The first-order valence-electron chi connectivity index (χ1n) is 17.0. The zero-order chi connectivity index (χ0) is 25.5. The van der Waals surface area contributed by atoms with E-state index < -0.39 is 0 Å². The maximum absolute atomic E-state index is 9.73. The Morgan fingerprint density at radius 1 is 0.314 bits per heavy atom. The number of unbranched alkanes of at least 4 members (excludes halogenated alkanes) is 26. The fraction of sp³-hybridized carbons (Fsp3) is 1.00. The molecule has 0 aromatic heterocycles. The molecule has 0 radical (unpaired) electrons. The molecule has 1 heteroatoms. The molecule has 1 atom stereocenters. The summed E-state index contributed by atoms with van der Waals surface area (Å²) in [6.07, 6.45) is 42.5. The number of rotatable bonds is 31. The van der Waals surface area contributed by atoms with Crippen molar-refractivity contribution in [2.75, 3.05) is 6.61 Å². The highest BCUT2D eigenvalue weighted by Crippen LogP contribution is 2.20. The summed E-state index contributed by atoms with van der Waals surface area (Å²) >= 11 is 0. The molecule has 0 aromatic rings. The highest BCUT2D eigenvalue weighted by atomic mass is 16.3. The Hall–Kier alpha value is -0.0400. The summed E-state index contributed by atoms with van der Waals surface area (Å²) in [6, 6.07) is 0. The number of hydrogen-bond acceptors (Lipinski definition) is 1. The van der Waals surface area contributed by atoms with Crippen LogP contribution in [0.3, 0.4) is 0 Å². The quantitative estimate of drug-likeness (QED) is 0.0950. The van der Waals surface area contributed by atoms with Crippen LogP contribution in [0.4, 0.5) is 0 Å². The van der Waals surface area contributed by atoms with E-state index in [4.69, 9.17) is 0 Å². The van der Waals surface area contributed by atoms with E-state index in [1.54, 1.807) is 0 Å². The third-order valence-electron chi connectivity index (χ3n) is 8.19. The second-order valence-electron chi connectivity index (χ2n) is 11.8. The summed E-state index contributed by atoms with van der Waals surface area (Å²) in [5, 5.41) is 9.73. The molecule has 0 aromatic carbocycles. The van der Waals surface area contributed by atoms with E-state index in [0.717, 1.165) is 0 Å². The van der Waals surface area contributed by atoms with E-state index in [1.165, 1.54) is 193 Å². The Balaban J connectivity index is 3.25. The van der Waals surface area contributed by atoms with E-state index in [1.807, 2.05) is 0 Å². The lowest BCUT2D eigenvalue weighted by molar-refractivity contribution is 0.204. The predicted molar refractivity (Wildman–Crippen MR) is 160 cm³/mol. The van der Waals surface area contributed by atoms with E-state index in [0.29, 0.717) is 12.5 Å². The normalized spacial score (nSPS) is 12.4. The van der Waals surface area contributed by atoms with Gasteiger partial charge in [-0.15, -0.1) is 0 Å². The van der Waals surface area contributed by atoms with Crippen molar-refractivity contribution in [3.63, 3.8) is 0 Å². The van der Waals surface area contributed by atoms with Crippen molar-refractivity contribution in [2.45, 2.75) is 206 Å². The van der Waals surface area contributed by atoms with Crippen LogP contribution in [0.1, 0.15) is 206 Å². The van der Waals surface area contributed by atoms with Crippen molar-refractivity contribution >= 4 is 0 Å². The molecular formula is C34H70O. The standard InChI is InChI=1S/C34H70O/c1-3-5-7-9-11-13-15-17-18-19-20-22-24-26-28-30-32-34(33-35)31-29-27-25-23-21-16-14-12-10-8-6-4-2/h34-35H,3-33H2,1-2H3. The van der Waals surface area contributed by atoms with Gasteiger partial charge in [0, 0.05) is 6.61 Å². The van der Waals surface area contributed by atoms with Crippen LogP contribution in [-0.2, 0) is 0 Å². The molecular weight excluding hydrogens is 424 g/mol. The van der Waals surface area contributed by atoms with E-state index in [2.05, 4.69) is 13.8 Å². The van der Waals surface area contributed by atoms with Gasteiger partial charge in [0.25, 0.3) is 0 Å². The van der Waals surface area contributed by atoms with Crippen LogP contribution in [0.15, 0.2) is 0 Å². The zero-order valence-corrected chi connectivity index (χ0v) is 24.9. The Morgan fingerprint density at radius 3 is 0.714 bits per heavy atom. The Bertz CT molecular complexity index is 352. The topological polar surface area (TPSA) is 20.2 Å². The van der Waals surface area contributed by atoms with Gasteiger partial charge in [0.15, 0.2) is 0 Å². The Labute approximate surface area is 224 Å². The smallest absolute Gasteiger partial charge is 0.0459 e. The molecule has 0 heterocycles. The van der Waals surface area contributed by atoms with Crippen molar-refractivity contribution < 1.29 is 5.11 Å². The molecule has 0 spiro atoms. The lowest BCUT2D eigenvalue weighted by Gasteiger charge is -2.13. The molecule has 35 heavy (non-hydrogen) atoms. The van der Waals surface area contributed by atoms with Gasteiger partial charge in [0.1, 0.15) is 0 Å². The van der Waals surface area contributed by atoms with Gasteiger partial charge in [-0.25, -0.2) is 0 Å². The van der Waals surface area contributed by atoms with Crippen LogP contribution in [0.2, 0.25) is 0 Å². The minimum absolute atomic E-state index is 0.413. The fourth-order valence-electron chi connectivity index (χ4n) is 5.58. The van der Waals surface area contributed by atoms with Crippen molar-refractivity contribution in [1.82, 2.24) is 0 Å². The third-order valence-corrected chi connectivity index (χ3v) is 8.19. The van der Waals surface area contributed by atoms with Crippen LogP contribution in [-0.4, -0.2) is 11.7 Å². The average Bonchev–Trinajstić information content (AvgIpc) is 2.87. The van der Waals surface area contributed by atoms with Gasteiger partial charge < -0.3 is 5.11 Å². The van der Waals surface area contributed by atoms with E-state index in [9.17, 15) is 5.11 Å². The molecule has 0 bridgehead atoms. The highest BCUT2D eigenvalue weighted by Gasteiger charge is 2.07. The van der Waals surface area contributed by atoms with Crippen LogP contribution in [0.25, 0.3) is 0 Å². The highest BCUT2D eigenvalue weighted by molar-refractivity contribution is 4.60. The molecule has 0 amide bonds. The molecule has 0 aliphatic heterocycles. The number of aliphatic hydroxyl groups is 1. The lowest BCUT2D eigenvalue weighted by Crippen LogP contribution is -2.06. The summed E-state index contributed by atoms with van der Waals surface area (Å²) in [5.41, 5.74) is 0. The molecule has 0 saturated carbocycles. The van der Waals surface area contributed by atoms with Gasteiger partial charge in [-0.05, 0) is 18.8 Å². The van der Waals surface area contributed by atoms with Crippen molar-refractivity contribution in [2.24, 2.45) is 5.92 Å². The summed E-state index contributed by atoms with van der Waals surface area (Å²) < 4.78 is 0. The first-order chi connectivity index (χ1) is 17.3. The maximum Gasteiger partial charge on any atom is 0.0459 e. The summed E-state index contributed by atoms with van der Waals surface area (Å²) in [6.45, 7) is 5.01. The average molecular weight is 495 g/mol. The molecule has 0 rings (SSSR count). The fourth-order valence-corrected chi connectivity index (χ4v) is 5.58. The summed E-state index contributed by atoms with van der Waals surface area (Å²) in [7, 11) is 0. The first kappa shape index (κ1) is 35.0. The van der Waals surface area contributed by atoms with Gasteiger partial charge in [-0.1, -0.05) is 194 Å². The van der Waals surface area contributed by atoms with Crippen molar-refractivity contribution in [1.29, 1.82) is 0 Å². The van der Waals surface area contributed by atoms with Crippen LogP contribution in [0.5, 0.6) is 0 Å². The van der Waals surface area contributed by atoms with Crippen LogP contribution >= 0.6 is 0 Å². The third kappa shape index (κ3) is 30.1. The second-order valence-corrected chi connectivity index (χ2v) is 11.8. The molecule has 0 saturated heterocycles. The summed E-state index contributed by atoms with van der Waals surface area (Å²) in [5.74, 6) is 0.574. The Morgan fingerprint density at radius 2 is 0.514 bits per heavy atom. The van der Waals surface area contributed by atoms with Gasteiger partial charge in [-0.3, -0.25) is 0 Å². The van der Waals surface area contributed by atoms with Crippen LogP contribution < -0.4 is 0 Å². The second kappa shape index (κ2) is 32.0.